The monoisotopic (exact) mass is 653 g/mol. The van der Waals surface area contributed by atoms with E-state index in [1.165, 1.54) is 16.7 Å². The van der Waals surface area contributed by atoms with Gasteiger partial charge >= 0.3 is 0 Å². The number of carbonyl (C=O) groups is 2. The van der Waals surface area contributed by atoms with E-state index in [9.17, 15) is 18.0 Å². The van der Waals surface area contributed by atoms with E-state index in [1.807, 2.05) is 25.3 Å². The van der Waals surface area contributed by atoms with Gasteiger partial charge in [-0.3, -0.25) is 13.9 Å². The number of thioether (sulfide) groups is 1. The Kier molecular flexibility index (Phi) is 12.2. The summed E-state index contributed by atoms with van der Waals surface area (Å²) in [7, 11) is -2.59. The topological polar surface area (TPSA) is 105 Å². The van der Waals surface area contributed by atoms with Crippen molar-refractivity contribution in [2.24, 2.45) is 0 Å². The number of methoxy groups -OCH3 is 1. The molecule has 3 aromatic rings. The van der Waals surface area contributed by atoms with E-state index in [0.29, 0.717) is 23.8 Å². The quantitative estimate of drug-likeness (QED) is 0.217. The van der Waals surface area contributed by atoms with Crippen molar-refractivity contribution in [3.63, 3.8) is 0 Å². The van der Waals surface area contributed by atoms with Gasteiger partial charge in [-0.25, -0.2) is 8.42 Å². The SMILES string of the molecule is CCOc1ccc(N(CC(=O)N(Cc2ccc(OC)cc2)[C@H](C)C(=O)NC2CCCCC2)S(=O)(=O)c2ccc(SC)cc2)cc1. The van der Waals surface area contributed by atoms with Crippen molar-refractivity contribution in [1.29, 1.82) is 0 Å². The number of carbonyl (C=O) groups excluding carboxylic acids is 2. The third kappa shape index (κ3) is 8.94. The fraction of sp³-hybridized carbons (Fsp3) is 0.412. The summed E-state index contributed by atoms with van der Waals surface area (Å²) in [6, 6.07) is 19.6. The van der Waals surface area contributed by atoms with Crippen LogP contribution in [0.4, 0.5) is 5.69 Å². The molecule has 0 unspecified atom stereocenters. The van der Waals surface area contributed by atoms with Crippen molar-refractivity contribution in [2.75, 3.05) is 30.8 Å². The molecule has 0 radical (unpaired) electrons. The standard InChI is InChI=1S/C34H43N3O6S2/c1-5-43-30-17-13-28(14-18-30)37(45(40,41)32-21-19-31(44-4)20-22-32)24-33(38)36(23-26-11-15-29(42-3)16-12-26)25(2)34(39)35-27-9-7-6-8-10-27/h11-22,25,27H,5-10,23-24H2,1-4H3,(H,35,39)/t25-/m1/s1. The maximum Gasteiger partial charge on any atom is 0.264 e. The Hall–Kier alpha value is -3.70. The molecule has 45 heavy (non-hydrogen) atoms. The summed E-state index contributed by atoms with van der Waals surface area (Å²) in [4.78, 5) is 30.2. The molecule has 1 saturated carbocycles. The van der Waals surface area contributed by atoms with Crippen LogP contribution < -0.4 is 19.1 Å². The molecule has 11 heteroatoms. The van der Waals surface area contributed by atoms with Crippen LogP contribution >= 0.6 is 11.8 Å². The Morgan fingerprint density at radius 3 is 2.13 bits per heavy atom. The van der Waals surface area contributed by atoms with Crippen LogP contribution in [0.15, 0.2) is 82.6 Å². The molecule has 1 atom stereocenters. The van der Waals surface area contributed by atoms with Crippen LogP contribution in [0.5, 0.6) is 11.5 Å². The van der Waals surface area contributed by atoms with Gasteiger partial charge in [0.2, 0.25) is 11.8 Å². The second-order valence-electron chi connectivity index (χ2n) is 11.0. The fourth-order valence-electron chi connectivity index (χ4n) is 5.36. The highest BCUT2D eigenvalue weighted by Gasteiger charge is 2.33. The van der Waals surface area contributed by atoms with Gasteiger partial charge < -0.3 is 19.7 Å². The molecule has 242 valence electrons. The summed E-state index contributed by atoms with van der Waals surface area (Å²) in [6.45, 7) is 3.63. The van der Waals surface area contributed by atoms with Crippen molar-refractivity contribution >= 4 is 39.3 Å². The van der Waals surface area contributed by atoms with Gasteiger partial charge in [0.1, 0.15) is 24.1 Å². The Balaban J connectivity index is 1.68. The van der Waals surface area contributed by atoms with Crippen LogP contribution in [-0.4, -0.2) is 63.7 Å². The normalized spacial score (nSPS) is 14.3. The molecule has 0 heterocycles. The Morgan fingerprint density at radius 1 is 0.933 bits per heavy atom. The molecule has 0 aromatic heterocycles. The number of hydrogen-bond acceptors (Lipinski definition) is 7. The molecule has 0 spiro atoms. The average molecular weight is 654 g/mol. The third-order valence-corrected chi connectivity index (χ3v) is 10.5. The molecule has 2 amide bonds. The molecular weight excluding hydrogens is 611 g/mol. The predicted octanol–water partition coefficient (Wildman–Crippen LogP) is 5.88. The van der Waals surface area contributed by atoms with E-state index >= 15 is 0 Å². The van der Waals surface area contributed by atoms with Gasteiger partial charge in [-0.2, -0.15) is 0 Å². The number of sulfonamides is 1. The van der Waals surface area contributed by atoms with E-state index in [2.05, 4.69) is 5.32 Å². The van der Waals surface area contributed by atoms with Crippen molar-refractivity contribution in [3.8, 4) is 11.5 Å². The molecule has 1 aliphatic rings. The molecule has 1 fully saturated rings. The zero-order chi connectivity index (χ0) is 32.4. The highest BCUT2D eigenvalue weighted by Crippen LogP contribution is 2.28. The summed E-state index contributed by atoms with van der Waals surface area (Å²) in [5, 5.41) is 3.13. The van der Waals surface area contributed by atoms with E-state index < -0.39 is 28.5 Å². The van der Waals surface area contributed by atoms with E-state index in [0.717, 1.165) is 46.9 Å². The summed E-state index contributed by atoms with van der Waals surface area (Å²) >= 11 is 1.51. The summed E-state index contributed by atoms with van der Waals surface area (Å²) < 4.78 is 40.2. The van der Waals surface area contributed by atoms with E-state index in [-0.39, 0.29) is 23.4 Å². The number of benzene rings is 3. The number of amides is 2. The second kappa shape index (κ2) is 16.0. The van der Waals surface area contributed by atoms with Crippen LogP contribution in [0, 0.1) is 0 Å². The van der Waals surface area contributed by atoms with Crippen LogP contribution in [0.1, 0.15) is 51.5 Å². The minimum absolute atomic E-state index is 0.0618. The van der Waals surface area contributed by atoms with Crippen LogP contribution in [0.25, 0.3) is 0 Å². The zero-order valence-electron chi connectivity index (χ0n) is 26.4. The number of nitrogens with one attached hydrogen (secondary N) is 1. The van der Waals surface area contributed by atoms with Crippen LogP contribution in [-0.2, 0) is 26.2 Å². The van der Waals surface area contributed by atoms with Crippen molar-refractivity contribution in [3.05, 3.63) is 78.4 Å². The first-order valence-electron chi connectivity index (χ1n) is 15.3. The lowest BCUT2D eigenvalue weighted by Crippen LogP contribution is -2.53. The minimum atomic E-state index is -4.16. The maximum absolute atomic E-state index is 14.2. The van der Waals surface area contributed by atoms with Crippen molar-refractivity contribution in [1.82, 2.24) is 10.2 Å². The summed E-state index contributed by atoms with van der Waals surface area (Å²) in [5.74, 6) is 0.491. The van der Waals surface area contributed by atoms with Gasteiger partial charge in [-0.15, -0.1) is 11.8 Å². The van der Waals surface area contributed by atoms with Crippen LogP contribution in [0.2, 0.25) is 0 Å². The number of ether oxygens (including phenoxy) is 2. The smallest absolute Gasteiger partial charge is 0.264 e. The van der Waals surface area contributed by atoms with E-state index in [4.69, 9.17) is 9.47 Å². The minimum Gasteiger partial charge on any atom is -0.497 e. The van der Waals surface area contributed by atoms with Gasteiger partial charge in [0, 0.05) is 17.5 Å². The maximum atomic E-state index is 14.2. The summed E-state index contributed by atoms with van der Waals surface area (Å²) in [6.07, 6.45) is 6.99. The third-order valence-electron chi connectivity index (χ3n) is 7.99. The van der Waals surface area contributed by atoms with Gasteiger partial charge in [0.25, 0.3) is 10.0 Å². The lowest BCUT2D eigenvalue weighted by atomic mass is 9.95. The molecule has 4 rings (SSSR count). The van der Waals surface area contributed by atoms with Gasteiger partial charge in [0.15, 0.2) is 0 Å². The number of anilines is 1. The molecule has 3 aromatic carbocycles. The fourth-order valence-corrected chi connectivity index (χ4v) is 7.18. The Bertz CT molecular complexity index is 1510. The van der Waals surface area contributed by atoms with Gasteiger partial charge in [-0.1, -0.05) is 31.4 Å². The largest absolute Gasteiger partial charge is 0.497 e. The van der Waals surface area contributed by atoms with E-state index in [1.54, 1.807) is 74.7 Å². The van der Waals surface area contributed by atoms with Crippen molar-refractivity contribution < 1.29 is 27.5 Å². The Morgan fingerprint density at radius 2 is 1.56 bits per heavy atom. The predicted molar refractivity (Wildman–Crippen MR) is 178 cm³/mol. The highest BCUT2D eigenvalue weighted by molar-refractivity contribution is 7.98. The number of rotatable bonds is 14. The average Bonchev–Trinajstić information content (AvgIpc) is 3.07. The molecule has 0 bridgehead atoms. The summed E-state index contributed by atoms with van der Waals surface area (Å²) in [5.41, 5.74) is 1.09. The van der Waals surface area contributed by atoms with Crippen molar-refractivity contribution in [2.45, 2.75) is 74.4 Å². The van der Waals surface area contributed by atoms with Crippen LogP contribution in [0.3, 0.4) is 0 Å². The Labute approximate surface area is 271 Å². The van der Waals surface area contributed by atoms with Gasteiger partial charge in [-0.05, 0) is 99.2 Å². The molecular formula is C34H43N3O6S2. The molecule has 0 aliphatic heterocycles. The number of hydrogen-bond donors (Lipinski definition) is 1. The highest BCUT2D eigenvalue weighted by atomic mass is 32.2. The first-order chi connectivity index (χ1) is 21.7. The zero-order valence-corrected chi connectivity index (χ0v) is 28.0. The lowest BCUT2D eigenvalue weighted by molar-refractivity contribution is -0.139. The van der Waals surface area contributed by atoms with Gasteiger partial charge in [0.05, 0.1) is 24.3 Å². The molecule has 1 aliphatic carbocycles. The molecule has 0 saturated heterocycles. The molecule has 1 N–H and O–H groups in total. The molecule has 9 nitrogen and oxygen atoms in total. The lowest BCUT2D eigenvalue weighted by Gasteiger charge is -2.33. The first kappa shape index (κ1) is 34.2. The second-order valence-corrected chi connectivity index (χ2v) is 13.7. The first-order valence-corrected chi connectivity index (χ1v) is 17.9. The number of nitrogens with zero attached hydrogens (tertiary/aromatic N) is 2.